The molecule has 0 aliphatic rings. The second-order valence-electron chi connectivity index (χ2n) is 5.71. The largest absolute Gasteiger partial charge is 0.312 e. The molecule has 3 nitrogen and oxygen atoms in total. The van der Waals surface area contributed by atoms with Crippen LogP contribution in [0.2, 0.25) is 5.02 Å². The van der Waals surface area contributed by atoms with Crippen LogP contribution in [-0.4, -0.2) is 32.0 Å². The fraction of sp³-hybridized carbons (Fsp3) is 0.600. The van der Waals surface area contributed by atoms with Crippen LogP contribution >= 0.6 is 11.6 Å². The molecule has 0 bridgehead atoms. The maximum absolute atomic E-state index is 12.0. The minimum Gasteiger partial charge on any atom is -0.312 e. The monoisotopic (exact) mass is 317 g/mol. The van der Waals surface area contributed by atoms with Gasteiger partial charge in [0.2, 0.25) is 0 Å². The average molecular weight is 318 g/mol. The molecule has 0 heterocycles. The third-order valence-electron chi connectivity index (χ3n) is 3.79. The number of hydrogen-bond donors (Lipinski definition) is 1. The summed E-state index contributed by atoms with van der Waals surface area (Å²) in [5.41, 5.74) is 1.08. The molecular formula is C15H24ClNO2S. The van der Waals surface area contributed by atoms with Crippen molar-refractivity contribution in [1.29, 1.82) is 0 Å². The number of halogens is 1. The van der Waals surface area contributed by atoms with E-state index in [0.29, 0.717) is 11.4 Å². The summed E-state index contributed by atoms with van der Waals surface area (Å²) in [4.78, 5) is 0. The third kappa shape index (κ3) is 4.47. The van der Waals surface area contributed by atoms with Gasteiger partial charge in [0.05, 0.1) is 4.75 Å². The van der Waals surface area contributed by atoms with E-state index in [2.05, 4.69) is 12.2 Å². The number of hydrogen-bond acceptors (Lipinski definition) is 3. The normalized spacial score (nSPS) is 14.2. The quantitative estimate of drug-likeness (QED) is 0.840. The zero-order valence-electron chi connectivity index (χ0n) is 12.6. The Morgan fingerprint density at radius 3 is 2.25 bits per heavy atom. The fourth-order valence-electron chi connectivity index (χ4n) is 2.00. The second-order valence-corrected chi connectivity index (χ2v) is 8.75. The van der Waals surface area contributed by atoms with Crippen LogP contribution in [0.15, 0.2) is 24.3 Å². The molecule has 20 heavy (non-hydrogen) atoms. The van der Waals surface area contributed by atoms with Gasteiger partial charge in [-0.2, -0.15) is 0 Å². The molecule has 0 aliphatic heterocycles. The van der Waals surface area contributed by atoms with Crippen molar-refractivity contribution in [2.75, 3.05) is 12.8 Å². The third-order valence-corrected chi connectivity index (χ3v) is 6.24. The first kappa shape index (κ1) is 17.5. The average Bonchev–Trinajstić information content (AvgIpc) is 2.35. The van der Waals surface area contributed by atoms with E-state index in [0.717, 1.165) is 18.5 Å². The fourth-order valence-corrected chi connectivity index (χ4v) is 2.81. The van der Waals surface area contributed by atoms with Crippen LogP contribution in [0, 0.1) is 0 Å². The minimum absolute atomic E-state index is 0.126. The van der Waals surface area contributed by atoms with E-state index in [-0.39, 0.29) is 6.04 Å². The topological polar surface area (TPSA) is 46.2 Å². The molecule has 0 fully saturated rings. The molecule has 1 unspecified atom stereocenters. The summed E-state index contributed by atoms with van der Waals surface area (Å²) in [6.45, 7) is 6.44. The first-order valence-corrected chi connectivity index (χ1v) is 9.13. The maximum atomic E-state index is 12.0. The van der Waals surface area contributed by atoms with Gasteiger partial charge >= 0.3 is 0 Å². The summed E-state index contributed by atoms with van der Waals surface area (Å²) in [7, 11) is -3.15. The van der Waals surface area contributed by atoms with Crippen molar-refractivity contribution in [2.24, 2.45) is 0 Å². The highest BCUT2D eigenvalue weighted by molar-refractivity contribution is 7.92. The Morgan fingerprint density at radius 1 is 1.25 bits per heavy atom. The Kier molecular flexibility index (Phi) is 6.05. The Morgan fingerprint density at radius 2 is 1.80 bits per heavy atom. The van der Waals surface area contributed by atoms with Gasteiger partial charge in [-0.05, 0) is 50.9 Å². The molecule has 114 valence electrons. The van der Waals surface area contributed by atoms with E-state index in [9.17, 15) is 8.42 Å². The van der Waals surface area contributed by atoms with Gasteiger partial charge in [0.15, 0.2) is 9.84 Å². The van der Waals surface area contributed by atoms with E-state index in [4.69, 9.17) is 11.6 Å². The van der Waals surface area contributed by atoms with Crippen LogP contribution in [0.3, 0.4) is 0 Å². The standard InChI is InChI=1S/C15H24ClNO2S/c1-5-10-17-14(15(2,3)20(4,18)19)11-12-6-8-13(16)9-7-12/h6-9,14,17H,5,10-11H2,1-4H3. The van der Waals surface area contributed by atoms with E-state index in [1.807, 2.05) is 24.3 Å². The van der Waals surface area contributed by atoms with E-state index >= 15 is 0 Å². The van der Waals surface area contributed by atoms with E-state index < -0.39 is 14.6 Å². The van der Waals surface area contributed by atoms with Crippen molar-refractivity contribution in [3.63, 3.8) is 0 Å². The maximum Gasteiger partial charge on any atom is 0.154 e. The Balaban J connectivity index is 2.98. The molecule has 5 heteroatoms. The van der Waals surface area contributed by atoms with Crippen molar-refractivity contribution in [3.8, 4) is 0 Å². The van der Waals surface area contributed by atoms with Gasteiger partial charge in [0.25, 0.3) is 0 Å². The zero-order valence-corrected chi connectivity index (χ0v) is 14.2. The van der Waals surface area contributed by atoms with Crippen molar-refractivity contribution < 1.29 is 8.42 Å². The molecule has 1 aromatic rings. The van der Waals surface area contributed by atoms with Gasteiger partial charge in [-0.3, -0.25) is 0 Å². The lowest BCUT2D eigenvalue weighted by atomic mass is 9.95. The first-order valence-electron chi connectivity index (χ1n) is 6.86. The Labute approximate surface area is 127 Å². The van der Waals surface area contributed by atoms with Crippen LogP contribution in [0.1, 0.15) is 32.8 Å². The molecule has 1 rings (SSSR count). The second kappa shape index (κ2) is 6.92. The van der Waals surface area contributed by atoms with Gasteiger partial charge in [-0.25, -0.2) is 8.42 Å². The summed E-state index contributed by atoms with van der Waals surface area (Å²) < 4.78 is 23.3. The summed E-state index contributed by atoms with van der Waals surface area (Å²) in [6.07, 6.45) is 2.93. The molecule has 0 saturated heterocycles. The minimum atomic E-state index is -3.15. The highest BCUT2D eigenvalue weighted by Crippen LogP contribution is 2.24. The SMILES string of the molecule is CCCNC(Cc1ccc(Cl)cc1)C(C)(C)S(C)(=O)=O. The van der Waals surface area contributed by atoms with Crippen LogP contribution < -0.4 is 5.32 Å². The predicted molar refractivity (Wildman–Crippen MR) is 86.2 cm³/mol. The van der Waals surface area contributed by atoms with Crippen molar-refractivity contribution in [3.05, 3.63) is 34.9 Å². The van der Waals surface area contributed by atoms with Crippen molar-refractivity contribution >= 4 is 21.4 Å². The van der Waals surface area contributed by atoms with Crippen molar-refractivity contribution in [1.82, 2.24) is 5.32 Å². The van der Waals surface area contributed by atoms with Crippen LogP contribution in [0.4, 0.5) is 0 Å². The smallest absolute Gasteiger partial charge is 0.154 e. The number of sulfone groups is 1. The van der Waals surface area contributed by atoms with Crippen LogP contribution in [-0.2, 0) is 16.3 Å². The number of rotatable bonds is 7. The molecule has 0 aromatic heterocycles. The Bertz CT molecular complexity index is 523. The molecular weight excluding hydrogens is 294 g/mol. The first-order chi connectivity index (χ1) is 9.18. The summed E-state index contributed by atoms with van der Waals surface area (Å²) in [6, 6.07) is 7.43. The van der Waals surface area contributed by atoms with E-state index in [1.54, 1.807) is 13.8 Å². The van der Waals surface area contributed by atoms with Gasteiger partial charge in [0, 0.05) is 17.3 Å². The summed E-state index contributed by atoms with van der Waals surface area (Å²) in [5, 5.41) is 4.06. The molecule has 1 atom stereocenters. The van der Waals surface area contributed by atoms with Gasteiger partial charge in [-0.15, -0.1) is 0 Å². The highest BCUT2D eigenvalue weighted by atomic mass is 35.5. The van der Waals surface area contributed by atoms with Gasteiger partial charge in [-0.1, -0.05) is 30.7 Å². The van der Waals surface area contributed by atoms with Crippen molar-refractivity contribution in [2.45, 2.75) is 44.4 Å². The molecule has 1 N–H and O–H groups in total. The van der Waals surface area contributed by atoms with Gasteiger partial charge < -0.3 is 5.32 Å². The Hall–Kier alpha value is -0.580. The summed E-state index contributed by atoms with van der Waals surface area (Å²) in [5.74, 6) is 0. The highest BCUT2D eigenvalue weighted by Gasteiger charge is 2.38. The molecule has 0 saturated carbocycles. The predicted octanol–water partition coefficient (Wildman–Crippen LogP) is 3.07. The summed E-state index contributed by atoms with van der Waals surface area (Å²) >= 11 is 5.88. The molecule has 0 radical (unpaired) electrons. The zero-order chi connectivity index (χ0) is 15.4. The lowest BCUT2D eigenvalue weighted by molar-refractivity contribution is 0.406. The number of nitrogens with one attached hydrogen (secondary N) is 1. The van der Waals surface area contributed by atoms with Gasteiger partial charge in [0.1, 0.15) is 0 Å². The molecule has 0 amide bonds. The molecule has 0 spiro atoms. The van der Waals surface area contributed by atoms with E-state index in [1.165, 1.54) is 6.26 Å². The molecule has 0 aliphatic carbocycles. The lowest BCUT2D eigenvalue weighted by Gasteiger charge is -2.33. The lowest BCUT2D eigenvalue weighted by Crippen LogP contribution is -2.52. The number of benzene rings is 1. The van der Waals surface area contributed by atoms with Crippen LogP contribution in [0.5, 0.6) is 0 Å². The van der Waals surface area contributed by atoms with Crippen LogP contribution in [0.25, 0.3) is 0 Å². The molecule has 1 aromatic carbocycles.